The van der Waals surface area contributed by atoms with Crippen molar-refractivity contribution < 1.29 is 14.4 Å². The van der Waals surface area contributed by atoms with Crippen molar-refractivity contribution in [3.8, 4) is 22.0 Å². The van der Waals surface area contributed by atoms with Crippen LogP contribution in [-0.2, 0) is 0 Å². The molecule has 1 aliphatic rings. The van der Waals surface area contributed by atoms with Gasteiger partial charge in [0.2, 0.25) is 0 Å². The summed E-state index contributed by atoms with van der Waals surface area (Å²) in [7, 11) is 0. The number of carbonyl (C=O) groups is 3. The summed E-state index contributed by atoms with van der Waals surface area (Å²) in [5.74, 6) is -1.10. The quantitative estimate of drug-likeness (QED) is 0.387. The van der Waals surface area contributed by atoms with Gasteiger partial charge in [0.15, 0.2) is 0 Å². The van der Waals surface area contributed by atoms with E-state index in [2.05, 4.69) is 15.3 Å². The molecule has 3 amide bonds. The summed E-state index contributed by atoms with van der Waals surface area (Å²) in [5, 5.41) is 5.65. The number of nitrogens with one attached hydrogen (secondary N) is 1. The summed E-state index contributed by atoms with van der Waals surface area (Å²) in [5.41, 5.74) is 3.26. The van der Waals surface area contributed by atoms with E-state index in [1.165, 1.54) is 22.3 Å². The van der Waals surface area contributed by atoms with Crippen LogP contribution < -0.4 is 5.32 Å². The van der Waals surface area contributed by atoms with E-state index in [4.69, 9.17) is 0 Å². The van der Waals surface area contributed by atoms with Gasteiger partial charge < -0.3 is 5.32 Å². The predicted octanol–water partition coefficient (Wildman–Crippen LogP) is 5.52. The molecule has 4 aromatic rings. The Bertz CT molecular complexity index is 1470. The number of thiazole rings is 1. The maximum absolute atomic E-state index is 13.0. The molecule has 35 heavy (non-hydrogen) atoms. The molecule has 0 aliphatic carbocycles. The first-order valence-corrected chi connectivity index (χ1v) is 11.9. The first-order valence-electron chi connectivity index (χ1n) is 11.0. The molecular weight excluding hydrogens is 460 g/mol. The molecule has 1 N–H and O–H groups in total. The van der Waals surface area contributed by atoms with Crippen molar-refractivity contribution in [2.24, 2.45) is 0 Å². The van der Waals surface area contributed by atoms with E-state index in [9.17, 15) is 14.4 Å². The molecule has 0 bridgehead atoms. The maximum Gasteiger partial charge on any atom is 0.262 e. The molecule has 0 spiro atoms. The second kappa shape index (κ2) is 8.56. The number of carbonyl (C=O) groups excluding carboxylic acids is 3. The molecule has 0 fully saturated rings. The summed E-state index contributed by atoms with van der Waals surface area (Å²) in [6.45, 7) is 5.41. The van der Waals surface area contributed by atoms with Gasteiger partial charge in [-0.3, -0.25) is 24.3 Å². The van der Waals surface area contributed by atoms with Gasteiger partial charge in [0.05, 0.1) is 22.5 Å². The third-order valence-electron chi connectivity index (χ3n) is 5.62. The van der Waals surface area contributed by atoms with Crippen LogP contribution in [0.3, 0.4) is 0 Å². The Morgan fingerprint density at radius 1 is 0.914 bits per heavy atom. The monoisotopic (exact) mass is 482 g/mol. The predicted molar refractivity (Wildman–Crippen MR) is 135 cm³/mol. The minimum Gasteiger partial charge on any atom is -0.322 e. The highest BCUT2D eigenvalue weighted by Crippen LogP contribution is 2.31. The van der Waals surface area contributed by atoms with E-state index in [0.29, 0.717) is 16.8 Å². The standard InChI is InChI=1S/C27H22N4O3S/c1-27(2,3)31-25(33)19-11-10-17(14-20(19)26(31)34)23(32)29-18-8-6-7-16(13-18)22-15-35-24(30-22)21-9-4-5-12-28-21/h4-15H,1-3H3,(H,29,32). The summed E-state index contributed by atoms with van der Waals surface area (Å²) >= 11 is 1.50. The van der Waals surface area contributed by atoms with E-state index in [-0.39, 0.29) is 23.3 Å². The first kappa shape index (κ1) is 22.6. The Kier molecular flexibility index (Phi) is 5.53. The lowest BCUT2D eigenvalue weighted by Crippen LogP contribution is -2.45. The molecule has 5 rings (SSSR count). The SMILES string of the molecule is CC(C)(C)N1C(=O)c2ccc(C(=O)Nc3cccc(-c4csc(-c5ccccn5)n4)c3)cc2C1=O. The van der Waals surface area contributed by atoms with Crippen molar-refractivity contribution in [1.82, 2.24) is 14.9 Å². The molecule has 0 radical (unpaired) electrons. The number of hydrogen-bond acceptors (Lipinski definition) is 6. The molecular formula is C27H22N4O3S. The fraction of sp³-hybridized carbons (Fsp3) is 0.148. The van der Waals surface area contributed by atoms with Crippen molar-refractivity contribution in [1.29, 1.82) is 0 Å². The molecule has 0 saturated heterocycles. The Morgan fingerprint density at radius 3 is 2.46 bits per heavy atom. The van der Waals surface area contributed by atoms with Gasteiger partial charge in [0.1, 0.15) is 5.01 Å². The molecule has 8 heteroatoms. The zero-order chi connectivity index (χ0) is 24.7. The van der Waals surface area contributed by atoms with Gasteiger partial charge in [-0.15, -0.1) is 11.3 Å². The van der Waals surface area contributed by atoms with Crippen LogP contribution in [-0.4, -0.2) is 38.1 Å². The molecule has 3 heterocycles. The van der Waals surface area contributed by atoms with Gasteiger partial charge in [-0.1, -0.05) is 18.2 Å². The van der Waals surface area contributed by atoms with Crippen LogP contribution in [0.1, 0.15) is 51.8 Å². The third kappa shape index (κ3) is 4.24. The number of aromatic nitrogens is 2. The lowest BCUT2D eigenvalue weighted by atomic mass is 10.0. The normalized spacial score (nSPS) is 13.2. The molecule has 0 unspecified atom stereocenters. The van der Waals surface area contributed by atoms with Crippen molar-refractivity contribution >= 4 is 34.7 Å². The van der Waals surface area contributed by atoms with E-state index in [1.807, 2.05) is 41.8 Å². The largest absolute Gasteiger partial charge is 0.322 e. The second-order valence-electron chi connectivity index (χ2n) is 9.16. The average Bonchev–Trinajstić information content (AvgIpc) is 3.43. The summed E-state index contributed by atoms with van der Waals surface area (Å²) < 4.78 is 0. The lowest BCUT2D eigenvalue weighted by Gasteiger charge is -2.29. The Hall–Kier alpha value is -4.17. The number of benzene rings is 2. The van der Waals surface area contributed by atoms with Crippen LogP contribution in [0.2, 0.25) is 0 Å². The molecule has 0 atom stereocenters. The fourth-order valence-corrected chi connectivity index (χ4v) is 4.77. The van der Waals surface area contributed by atoms with E-state index >= 15 is 0 Å². The molecule has 2 aromatic carbocycles. The van der Waals surface area contributed by atoms with Crippen LogP contribution in [0.4, 0.5) is 5.69 Å². The molecule has 0 saturated carbocycles. The van der Waals surface area contributed by atoms with Crippen LogP contribution in [0.5, 0.6) is 0 Å². The molecule has 2 aromatic heterocycles. The van der Waals surface area contributed by atoms with Crippen molar-refractivity contribution in [3.63, 3.8) is 0 Å². The van der Waals surface area contributed by atoms with Crippen LogP contribution >= 0.6 is 11.3 Å². The minimum absolute atomic E-state index is 0.246. The minimum atomic E-state index is -0.651. The topological polar surface area (TPSA) is 92.3 Å². The summed E-state index contributed by atoms with van der Waals surface area (Å²) in [6.07, 6.45) is 1.73. The number of imide groups is 1. The van der Waals surface area contributed by atoms with Crippen molar-refractivity contribution in [2.75, 3.05) is 5.32 Å². The number of hydrogen-bond donors (Lipinski definition) is 1. The van der Waals surface area contributed by atoms with E-state index in [0.717, 1.165) is 22.0 Å². The number of anilines is 1. The summed E-state index contributed by atoms with van der Waals surface area (Å²) in [6, 6.07) is 17.7. The molecule has 1 aliphatic heterocycles. The summed E-state index contributed by atoms with van der Waals surface area (Å²) in [4.78, 5) is 48.8. The number of fused-ring (bicyclic) bond motifs is 1. The zero-order valence-corrected chi connectivity index (χ0v) is 20.2. The van der Waals surface area contributed by atoms with Gasteiger partial charge in [-0.05, 0) is 63.2 Å². The number of amides is 3. The third-order valence-corrected chi connectivity index (χ3v) is 6.49. The van der Waals surface area contributed by atoms with Crippen molar-refractivity contribution in [3.05, 3.63) is 88.9 Å². The highest BCUT2D eigenvalue weighted by atomic mass is 32.1. The molecule has 174 valence electrons. The maximum atomic E-state index is 13.0. The number of pyridine rings is 1. The van der Waals surface area contributed by atoms with Crippen LogP contribution in [0.15, 0.2) is 72.2 Å². The zero-order valence-electron chi connectivity index (χ0n) is 19.4. The van der Waals surface area contributed by atoms with Crippen LogP contribution in [0.25, 0.3) is 22.0 Å². The molecule has 7 nitrogen and oxygen atoms in total. The number of rotatable bonds is 4. The second-order valence-corrected chi connectivity index (χ2v) is 10.0. The van der Waals surface area contributed by atoms with Crippen molar-refractivity contribution in [2.45, 2.75) is 26.3 Å². The van der Waals surface area contributed by atoms with Gasteiger partial charge in [0, 0.05) is 33.9 Å². The Labute approximate surface area is 206 Å². The average molecular weight is 483 g/mol. The van der Waals surface area contributed by atoms with E-state index < -0.39 is 5.54 Å². The van der Waals surface area contributed by atoms with Gasteiger partial charge in [-0.2, -0.15) is 0 Å². The smallest absolute Gasteiger partial charge is 0.262 e. The van der Waals surface area contributed by atoms with E-state index in [1.54, 1.807) is 45.2 Å². The Balaban J connectivity index is 1.37. The van der Waals surface area contributed by atoms with Gasteiger partial charge in [-0.25, -0.2) is 4.98 Å². The fourth-order valence-electron chi connectivity index (χ4n) is 3.96. The highest BCUT2D eigenvalue weighted by molar-refractivity contribution is 7.13. The van der Waals surface area contributed by atoms with Gasteiger partial charge >= 0.3 is 0 Å². The lowest BCUT2D eigenvalue weighted by molar-refractivity contribution is 0.0507. The number of nitrogens with zero attached hydrogens (tertiary/aromatic N) is 3. The van der Waals surface area contributed by atoms with Crippen LogP contribution in [0, 0.1) is 0 Å². The highest BCUT2D eigenvalue weighted by Gasteiger charge is 2.42. The van der Waals surface area contributed by atoms with Gasteiger partial charge in [0.25, 0.3) is 17.7 Å². The Morgan fingerprint density at radius 2 is 1.71 bits per heavy atom. The first-order chi connectivity index (χ1) is 16.7.